The number of hydrogen-bond donors (Lipinski definition) is 1. The SMILES string of the molecule is CNC(c1ccc(F)cc1C)c1c(F)ccc(Br)c1F. The van der Waals surface area contributed by atoms with Crippen LogP contribution >= 0.6 is 15.9 Å². The van der Waals surface area contributed by atoms with E-state index in [0.29, 0.717) is 11.1 Å². The molecule has 0 radical (unpaired) electrons. The van der Waals surface area contributed by atoms with Crippen LogP contribution in [-0.4, -0.2) is 7.05 Å². The van der Waals surface area contributed by atoms with Crippen molar-refractivity contribution in [1.29, 1.82) is 0 Å². The molecule has 2 rings (SSSR count). The minimum atomic E-state index is -0.687. The Balaban J connectivity index is 2.61. The van der Waals surface area contributed by atoms with Crippen molar-refractivity contribution in [2.24, 2.45) is 0 Å². The fourth-order valence-corrected chi connectivity index (χ4v) is 2.57. The summed E-state index contributed by atoms with van der Waals surface area (Å²) in [7, 11) is 1.60. The summed E-state index contributed by atoms with van der Waals surface area (Å²) in [5, 5.41) is 2.88. The lowest BCUT2D eigenvalue weighted by Crippen LogP contribution is -2.21. The molecule has 1 N–H and O–H groups in total. The van der Waals surface area contributed by atoms with Crippen molar-refractivity contribution < 1.29 is 13.2 Å². The van der Waals surface area contributed by atoms with Crippen LogP contribution in [0.4, 0.5) is 13.2 Å². The molecule has 0 saturated heterocycles. The average molecular weight is 344 g/mol. The topological polar surface area (TPSA) is 12.0 Å². The molecule has 0 spiro atoms. The molecule has 1 nitrogen and oxygen atoms in total. The number of hydrogen-bond acceptors (Lipinski definition) is 1. The summed E-state index contributed by atoms with van der Waals surface area (Å²) in [5.74, 6) is -1.68. The number of halogens is 4. The zero-order chi connectivity index (χ0) is 14.9. The van der Waals surface area contributed by atoms with Gasteiger partial charge in [0.25, 0.3) is 0 Å². The second-order valence-corrected chi connectivity index (χ2v) is 5.33. The van der Waals surface area contributed by atoms with Crippen LogP contribution in [0.5, 0.6) is 0 Å². The molecule has 0 aliphatic heterocycles. The Labute approximate surface area is 123 Å². The fraction of sp³-hybridized carbons (Fsp3) is 0.200. The highest BCUT2D eigenvalue weighted by Gasteiger charge is 2.23. The van der Waals surface area contributed by atoms with Crippen molar-refractivity contribution >= 4 is 15.9 Å². The molecule has 0 heterocycles. The lowest BCUT2D eigenvalue weighted by atomic mass is 9.94. The van der Waals surface area contributed by atoms with Crippen LogP contribution in [-0.2, 0) is 0 Å². The maximum Gasteiger partial charge on any atom is 0.145 e. The molecule has 0 saturated carbocycles. The highest BCUT2D eigenvalue weighted by molar-refractivity contribution is 9.10. The molecular formula is C15H13BrF3N. The van der Waals surface area contributed by atoms with Crippen LogP contribution in [0.15, 0.2) is 34.8 Å². The third-order valence-corrected chi connectivity index (χ3v) is 3.81. The first-order valence-corrected chi connectivity index (χ1v) is 6.81. The van der Waals surface area contributed by atoms with Gasteiger partial charge in [-0.25, -0.2) is 13.2 Å². The third kappa shape index (κ3) is 2.74. The first-order chi connectivity index (χ1) is 9.45. The molecule has 0 aromatic heterocycles. The van der Waals surface area contributed by atoms with Gasteiger partial charge in [0, 0.05) is 5.56 Å². The van der Waals surface area contributed by atoms with E-state index in [4.69, 9.17) is 0 Å². The quantitative estimate of drug-likeness (QED) is 0.810. The van der Waals surface area contributed by atoms with Crippen molar-refractivity contribution in [1.82, 2.24) is 5.32 Å². The molecule has 106 valence electrons. The Bertz CT molecular complexity index is 643. The molecule has 1 atom stereocenters. The predicted molar refractivity (Wildman–Crippen MR) is 76.1 cm³/mol. The van der Waals surface area contributed by atoms with Crippen LogP contribution in [0.25, 0.3) is 0 Å². The molecule has 2 aromatic carbocycles. The van der Waals surface area contributed by atoms with Gasteiger partial charge in [0.05, 0.1) is 10.5 Å². The second kappa shape index (κ2) is 5.97. The van der Waals surface area contributed by atoms with Gasteiger partial charge in [0.15, 0.2) is 0 Å². The van der Waals surface area contributed by atoms with Crippen molar-refractivity contribution in [3.8, 4) is 0 Å². The Morgan fingerprint density at radius 1 is 1.10 bits per heavy atom. The molecule has 0 fully saturated rings. The first-order valence-electron chi connectivity index (χ1n) is 6.02. The van der Waals surface area contributed by atoms with Gasteiger partial charge in [0.2, 0.25) is 0 Å². The summed E-state index contributed by atoms with van der Waals surface area (Å²) in [5.41, 5.74) is 1.17. The van der Waals surface area contributed by atoms with Crippen molar-refractivity contribution in [2.75, 3.05) is 7.05 Å². The van der Waals surface area contributed by atoms with Gasteiger partial charge in [-0.15, -0.1) is 0 Å². The summed E-state index contributed by atoms with van der Waals surface area (Å²) < 4.78 is 41.5. The minimum Gasteiger partial charge on any atom is -0.309 e. The highest BCUT2D eigenvalue weighted by Crippen LogP contribution is 2.32. The summed E-state index contributed by atoms with van der Waals surface area (Å²) in [6.45, 7) is 1.70. The Morgan fingerprint density at radius 2 is 1.80 bits per heavy atom. The minimum absolute atomic E-state index is 0.0865. The number of aryl methyl sites for hydroxylation is 1. The standard InChI is InChI=1S/C15H13BrF3N/c1-8-7-9(17)3-4-10(8)15(20-2)13-12(18)6-5-11(16)14(13)19/h3-7,15,20H,1-2H3. The van der Waals surface area contributed by atoms with E-state index in [9.17, 15) is 13.2 Å². The van der Waals surface area contributed by atoms with Crippen LogP contribution < -0.4 is 5.32 Å². The summed E-state index contributed by atoms with van der Waals surface area (Å²) in [6, 6.07) is 5.98. The monoisotopic (exact) mass is 343 g/mol. The summed E-state index contributed by atoms with van der Waals surface area (Å²) >= 11 is 3.05. The van der Waals surface area contributed by atoms with Gasteiger partial charge in [-0.2, -0.15) is 0 Å². The van der Waals surface area contributed by atoms with Crippen LogP contribution in [0.2, 0.25) is 0 Å². The van der Waals surface area contributed by atoms with Gasteiger partial charge >= 0.3 is 0 Å². The Kier molecular flexibility index (Phi) is 4.50. The number of nitrogens with one attached hydrogen (secondary N) is 1. The summed E-state index contributed by atoms with van der Waals surface area (Å²) in [6.07, 6.45) is 0. The number of benzene rings is 2. The molecule has 1 unspecified atom stereocenters. The van der Waals surface area contributed by atoms with E-state index in [2.05, 4.69) is 21.2 Å². The van der Waals surface area contributed by atoms with E-state index in [1.807, 2.05) is 0 Å². The van der Waals surface area contributed by atoms with Gasteiger partial charge in [-0.3, -0.25) is 0 Å². The summed E-state index contributed by atoms with van der Waals surface area (Å²) in [4.78, 5) is 0. The molecule has 0 amide bonds. The molecular weight excluding hydrogens is 331 g/mol. The second-order valence-electron chi connectivity index (χ2n) is 4.48. The largest absolute Gasteiger partial charge is 0.309 e. The predicted octanol–water partition coefficient (Wildman–Crippen LogP) is 4.48. The molecule has 0 bridgehead atoms. The van der Waals surface area contributed by atoms with E-state index < -0.39 is 17.7 Å². The Hall–Kier alpha value is -1.33. The highest BCUT2D eigenvalue weighted by atomic mass is 79.9. The van der Waals surface area contributed by atoms with Crippen molar-refractivity contribution in [2.45, 2.75) is 13.0 Å². The van der Waals surface area contributed by atoms with E-state index in [1.54, 1.807) is 14.0 Å². The van der Waals surface area contributed by atoms with Crippen molar-refractivity contribution in [3.63, 3.8) is 0 Å². The van der Waals surface area contributed by atoms with Gasteiger partial charge in [-0.1, -0.05) is 6.07 Å². The first kappa shape index (κ1) is 15.1. The van der Waals surface area contributed by atoms with Crippen LogP contribution in [0.3, 0.4) is 0 Å². The van der Waals surface area contributed by atoms with E-state index in [1.165, 1.54) is 30.3 Å². The zero-order valence-corrected chi connectivity index (χ0v) is 12.6. The average Bonchev–Trinajstić information content (AvgIpc) is 2.40. The van der Waals surface area contributed by atoms with E-state index in [-0.39, 0.29) is 15.9 Å². The van der Waals surface area contributed by atoms with E-state index in [0.717, 1.165) is 0 Å². The smallest absolute Gasteiger partial charge is 0.145 e. The van der Waals surface area contributed by atoms with Crippen LogP contribution in [0, 0.1) is 24.4 Å². The lowest BCUT2D eigenvalue weighted by molar-refractivity contribution is 0.517. The Morgan fingerprint density at radius 3 is 2.40 bits per heavy atom. The third-order valence-electron chi connectivity index (χ3n) is 3.20. The van der Waals surface area contributed by atoms with Gasteiger partial charge in [0.1, 0.15) is 17.5 Å². The molecule has 20 heavy (non-hydrogen) atoms. The lowest BCUT2D eigenvalue weighted by Gasteiger charge is -2.21. The fourth-order valence-electron chi connectivity index (χ4n) is 2.23. The maximum atomic E-state index is 14.2. The molecule has 5 heteroatoms. The zero-order valence-electron chi connectivity index (χ0n) is 11.0. The normalized spacial score (nSPS) is 12.5. The van der Waals surface area contributed by atoms with Crippen molar-refractivity contribution in [3.05, 3.63) is 68.9 Å². The molecule has 2 aromatic rings. The van der Waals surface area contributed by atoms with E-state index >= 15 is 0 Å². The number of rotatable bonds is 3. The molecule has 0 aliphatic rings. The van der Waals surface area contributed by atoms with Gasteiger partial charge in [-0.05, 0) is 65.3 Å². The van der Waals surface area contributed by atoms with Gasteiger partial charge < -0.3 is 5.32 Å². The maximum absolute atomic E-state index is 14.2. The molecule has 0 aliphatic carbocycles. The van der Waals surface area contributed by atoms with Crippen LogP contribution in [0.1, 0.15) is 22.7 Å².